The van der Waals surface area contributed by atoms with Crippen molar-refractivity contribution in [2.75, 3.05) is 54.1 Å². The molecule has 10 heteroatoms. The predicted octanol–water partition coefficient (Wildman–Crippen LogP) is 4.59. The molecule has 1 fully saturated rings. The number of nitrogens with one attached hydrogen (secondary N) is 4. The largest absolute Gasteiger partial charge is 0.494 e. The first-order valence-electron chi connectivity index (χ1n) is 11.7. The maximum atomic E-state index is 11.6. The van der Waals surface area contributed by atoms with Gasteiger partial charge in [0, 0.05) is 43.6 Å². The molecule has 1 atom stereocenters. The Balaban J connectivity index is 1.49. The van der Waals surface area contributed by atoms with E-state index in [1.54, 1.807) is 13.3 Å². The Morgan fingerprint density at radius 2 is 2.06 bits per heavy atom. The highest BCUT2D eigenvalue weighted by Gasteiger charge is 2.15. The zero-order valence-electron chi connectivity index (χ0n) is 20.3. The molecule has 1 amide bonds. The van der Waals surface area contributed by atoms with Crippen LogP contribution in [0.3, 0.4) is 0 Å². The van der Waals surface area contributed by atoms with Gasteiger partial charge in [0.25, 0.3) is 0 Å². The van der Waals surface area contributed by atoms with Crippen molar-refractivity contribution in [1.29, 1.82) is 0 Å². The molecule has 0 aliphatic carbocycles. The summed E-state index contributed by atoms with van der Waals surface area (Å²) in [6.07, 6.45) is 2.78. The second-order valence-corrected chi connectivity index (χ2v) is 8.73. The average molecular weight is 508 g/mol. The van der Waals surface area contributed by atoms with Crippen molar-refractivity contribution in [1.82, 2.24) is 15.3 Å². The molecule has 0 radical (unpaired) electrons. The van der Waals surface area contributed by atoms with Crippen molar-refractivity contribution in [3.63, 3.8) is 0 Å². The number of hydrogen-bond acceptors (Lipinski definition) is 8. The molecule has 2 heterocycles. The minimum atomic E-state index is -0.265. The van der Waals surface area contributed by atoms with Gasteiger partial charge in [0.15, 0.2) is 5.82 Å². The van der Waals surface area contributed by atoms with Crippen molar-refractivity contribution in [3.8, 4) is 5.75 Å². The summed E-state index contributed by atoms with van der Waals surface area (Å²) in [5.74, 6) is 1.30. The zero-order chi connectivity index (χ0) is 25.5. The van der Waals surface area contributed by atoms with E-state index in [2.05, 4.69) is 48.8 Å². The molecule has 1 aliphatic heterocycles. The minimum Gasteiger partial charge on any atom is -0.494 e. The average Bonchev–Trinajstić information content (AvgIpc) is 2.91. The number of hydrogen-bond donors (Lipinski definition) is 4. The molecule has 2 aromatic carbocycles. The van der Waals surface area contributed by atoms with Crippen molar-refractivity contribution >= 4 is 46.3 Å². The Labute approximate surface area is 215 Å². The second-order valence-electron chi connectivity index (χ2n) is 8.32. The van der Waals surface area contributed by atoms with Crippen LogP contribution in [0.25, 0.3) is 0 Å². The number of carbonyl (C=O) groups is 1. The quantitative estimate of drug-likeness (QED) is 0.312. The SMILES string of the molecule is C=CC(=O)Nc1cccc(C(C)Nc2nc(Nc3ccc(N4CCNCC4)cc3OC)ncc2Cl)c1. The number of methoxy groups -OCH3 is 1. The smallest absolute Gasteiger partial charge is 0.247 e. The van der Waals surface area contributed by atoms with E-state index in [0.29, 0.717) is 28.2 Å². The molecule has 1 aliphatic rings. The summed E-state index contributed by atoms with van der Waals surface area (Å²) >= 11 is 6.40. The maximum absolute atomic E-state index is 11.6. The number of benzene rings is 2. The molecule has 188 valence electrons. The number of amides is 1. The van der Waals surface area contributed by atoms with Crippen LogP contribution in [0.5, 0.6) is 5.75 Å². The van der Waals surface area contributed by atoms with E-state index in [-0.39, 0.29) is 11.9 Å². The molecule has 36 heavy (non-hydrogen) atoms. The molecule has 1 aromatic heterocycles. The third-order valence-corrected chi connectivity index (χ3v) is 6.13. The van der Waals surface area contributed by atoms with E-state index in [9.17, 15) is 4.79 Å². The van der Waals surface area contributed by atoms with Crippen LogP contribution in [0.2, 0.25) is 5.02 Å². The number of aromatic nitrogens is 2. The van der Waals surface area contributed by atoms with E-state index in [1.165, 1.54) is 6.08 Å². The molecule has 0 bridgehead atoms. The standard InChI is InChI=1S/C26H30ClN7O2/c1-4-24(35)31-19-7-5-6-18(14-19)17(2)30-25-21(27)16-29-26(33-25)32-22-9-8-20(15-23(22)36-3)34-12-10-28-11-13-34/h4-9,14-17,28H,1,10-13H2,2-3H3,(H,31,35)(H2,29,30,32,33). The molecule has 0 spiro atoms. The number of carbonyl (C=O) groups excluding carboxylic acids is 1. The van der Waals surface area contributed by atoms with Gasteiger partial charge in [-0.3, -0.25) is 4.79 Å². The van der Waals surface area contributed by atoms with Gasteiger partial charge in [0.1, 0.15) is 10.8 Å². The van der Waals surface area contributed by atoms with Crippen LogP contribution in [0, 0.1) is 0 Å². The lowest BCUT2D eigenvalue weighted by Crippen LogP contribution is -2.43. The van der Waals surface area contributed by atoms with Crippen LogP contribution in [-0.4, -0.2) is 49.2 Å². The van der Waals surface area contributed by atoms with Gasteiger partial charge in [-0.15, -0.1) is 0 Å². The zero-order valence-corrected chi connectivity index (χ0v) is 21.1. The van der Waals surface area contributed by atoms with Gasteiger partial charge in [-0.1, -0.05) is 30.3 Å². The van der Waals surface area contributed by atoms with Gasteiger partial charge in [-0.25, -0.2) is 4.98 Å². The Hall–Kier alpha value is -3.82. The normalized spacial score (nSPS) is 14.0. The highest BCUT2D eigenvalue weighted by Crippen LogP contribution is 2.33. The molecule has 1 saturated heterocycles. The third-order valence-electron chi connectivity index (χ3n) is 5.85. The molecule has 4 N–H and O–H groups in total. The molecular weight excluding hydrogens is 478 g/mol. The summed E-state index contributed by atoms with van der Waals surface area (Å²) in [7, 11) is 1.64. The predicted molar refractivity (Wildman–Crippen MR) is 146 cm³/mol. The highest BCUT2D eigenvalue weighted by atomic mass is 35.5. The van der Waals surface area contributed by atoms with Gasteiger partial charge in [-0.05, 0) is 42.8 Å². The summed E-state index contributed by atoms with van der Waals surface area (Å²) in [4.78, 5) is 22.9. The number of ether oxygens (including phenoxy) is 1. The number of anilines is 5. The number of halogens is 1. The summed E-state index contributed by atoms with van der Waals surface area (Å²) in [6.45, 7) is 9.29. The van der Waals surface area contributed by atoms with E-state index >= 15 is 0 Å². The minimum absolute atomic E-state index is 0.140. The highest BCUT2D eigenvalue weighted by molar-refractivity contribution is 6.32. The fraction of sp³-hybridized carbons (Fsp3) is 0.269. The topological polar surface area (TPSA) is 103 Å². The van der Waals surface area contributed by atoms with Crippen molar-refractivity contribution in [2.24, 2.45) is 0 Å². The fourth-order valence-corrected chi connectivity index (χ4v) is 4.07. The molecule has 3 aromatic rings. The van der Waals surface area contributed by atoms with Crippen LogP contribution < -0.4 is 30.9 Å². The first kappa shape index (κ1) is 25.3. The third kappa shape index (κ3) is 6.24. The van der Waals surface area contributed by atoms with Crippen LogP contribution in [0.1, 0.15) is 18.5 Å². The summed E-state index contributed by atoms with van der Waals surface area (Å²) in [5, 5.41) is 13.1. The first-order chi connectivity index (χ1) is 17.5. The van der Waals surface area contributed by atoms with Gasteiger partial charge in [-0.2, -0.15) is 4.98 Å². The van der Waals surface area contributed by atoms with E-state index in [1.807, 2.05) is 43.3 Å². The lowest BCUT2D eigenvalue weighted by atomic mass is 10.1. The summed E-state index contributed by atoms with van der Waals surface area (Å²) in [5.41, 5.74) is 3.49. The maximum Gasteiger partial charge on any atom is 0.247 e. The second kappa shape index (κ2) is 11.7. The van der Waals surface area contributed by atoms with Crippen LogP contribution in [0.15, 0.2) is 61.3 Å². The van der Waals surface area contributed by atoms with Crippen molar-refractivity contribution in [2.45, 2.75) is 13.0 Å². The number of nitrogens with zero attached hydrogens (tertiary/aromatic N) is 3. The van der Waals surface area contributed by atoms with Gasteiger partial charge < -0.3 is 30.9 Å². The molecule has 1 unspecified atom stereocenters. The number of piperazine rings is 1. The lowest BCUT2D eigenvalue weighted by Gasteiger charge is -2.30. The first-order valence-corrected chi connectivity index (χ1v) is 12.1. The van der Waals surface area contributed by atoms with Crippen molar-refractivity contribution < 1.29 is 9.53 Å². The Morgan fingerprint density at radius 1 is 1.25 bits per heavy atom. The van der Waals surface area contributed by atoms with Gasteiger partial charge in [0.05, 0.1) is 25.0 Å². The molecule has 9 nitrogen and oxygen atoms in total. The monoisotopic (exact) mass is 507 g/mol. The lowest BCUT2D eigenvalue weighted by molar-refractivity contribution is -0.111. The van der Waals surface area contributed by atoms with E-state index in [4.69, 9.17) is 16.3 Å². The van der Waals surface area contributed by atoms with Gasteiger partial charge >= 0.3 is 0 Å². The Kier molecular flexibility index (Phi) is 8.24. The summed E-state index contributed by atoms with van der Waals surface area (Å²) in [6, 6.07) is 13.4. The molecular formula is C26H30ClN7O2. The fourth-order valence-electron chi connectivity index (χ4n) is 3.92. The molecule has 4 rings (SSSR count). The Morgan fingerprint density at radius 3 is 2.81 bits per heavy atom. The summed E-state index contributed by atoms with van der Waals surface area (Å²) < 4.78 is 5.63. The van der Waals surface area contributed by atoms with Crippen LogP contribution in [0.4, 0.5) is 28.8 Å². The number of rotatable bonds is 9. The Bertz CT molecular complexity index is 1230. The van der Waals surface area contributed by atoms with E-state index < -0.39 is 0 Å². The van der Waals surface area contributed by atoms with Crippen molar-refractivity contribution in [3.05, 3.63) is 71.9 Å². The van der Waals surface area contributed by atoms with E-state index in [0.717, 1.165) is 43.1 Å². The molecule has 0 saturated carbocycles. The van der Waals surface area contributed by atoms with Gasteiger partial charge in [0.2, 0.25) is 11.9 Å². The van der Waals surface area contributed by atoms with Crippen LogP contribution in [-0.2, 0) is 4.79 Å². The van der Waals surface area contributed by atoms with Crippen LogP contribution >= 0.6 is 11.6 Å².